The fraction of sp³-hybridized carbons (Fsp3) is 0.429. The second kappa shape index (κ2) is 4.96. The van der Waals surface area contributed by atoms with Gasteiger partial charge in [0.1, 0.15) is 11.6 Å². The SMILES string of the molecule is C[SiH](C)C1C(=O)CC(c2ccccc2)CC1=O. The number of hydrogen-bond donors (Lipinski definition) is 0. The van der Waals surface area contributed by atoms with Crippen molar-refractivity contribution in [2.45, 2.75) is 37.4 Å². The van der Waals surface area contributed by atoms with Gasteiger partial charge in [-0.3, -0.25) is 9.59 Å². The average molecular weight is 246 g/mol. The average Bonchev–Trinajstić information content (AvgIpc) is 2.28. The summed E-state index contributed by atoms with van der Waals surface area (Å²) in [6.45, 7) is 4.17. The van der Waals surface area contributed by atoms with E-state index in [0.717, 1.165) is 5.56 Å². The molecule has 90 valence electrons. The van der Waals surface area contributed by atoms with Crippen molar-refractivity contribution in [2.75, 3.05) is 0 Å². The minimum atomic E-state index is -1.19. The summed E-state index contributed by atoms with van der Waals surface area (Å²) in [7, 11) is -1.19. The van der Waals surface area contributed by atoms with Crippen LogP contribution >= 0.6 is 0 Å². The number of rotatable bonds is 2. The highest BCUT2D eigenvalue weighted by Gasteiger charge is 2.37. The van der Waals surface area contributed by atoms with E-state index in [-0.39, 0.29) is 23.0 Å². The van der Waals surface area contributed by atoms with Crippen LogP contribution in [0.1, 0.15) is 24.3 Å². The molecule has 0 atom stereocenters. The third-order valence-electron chi connectivity index (χ3n) is 3.53. The van der Waals surface area contributed by atoms with Crippen molar-refractivity contribution in [1.82, 2.24) is 0 Å². The minimum absolute atomic E-state index is 0.111. The number of ketones is 2. The van der Waals surface area contributed by atoms with Crippen molar-refractivity contribution in [1.29, 1.82) is 0 Å². The third-order valence-corrected chi connectivity index (χ3v) is 5.60. The van der Waals surface area contributed by atoms with Crippen LogP contribution in [0.3, 0.4) is 0 Å². The van der Waals surface area contributed by atoms with Gasteiger partial charge in [-0.15, -0.1) is 0 Å². The molecule has 0 saturated heterocycles. The summed E-state index contributed by atoms with van der Waals surface area (Å²) < 4.78 is 0. The Bertz CT molecular complexity index is 407. The van der Waals surface area contributed by atoms with E-state index in [1.54, 1.807) is 0 Å². The fourth-order valence-corrected chi connectivity index (χ4v) is 4.46. The normalized spacial score (nSPS) is 25.4. The Morgan fingerprint density at radius 2 is 1.53 bits per heavy atom. The van der Waals surface area contributed by atoms with Gasteiger partial charge in [0.15, 0.2) is 0 Å². The Balaban J connectivity index is 2.17. The lowest BCUT2D eigenvalue weighted by molar-refractivity contribution is -0.130. The molecule has 2 nitrogen and oxygen atoms in total. The first kappa shape index (κ1) is 12.2. The summed E-state index contributed by atoms with van der Waals surface area (Å²) in [6.07, 6.45) is 1.09. The molecule has 1 aromatic carbocycles. The van der Waals surface area contributed by atoms with Gasteiger partial charge in [0, 0.05) is 12.8 Å². The van der Waals surface area contributed by atoms with Gasteiger partial charge in [-0.05, 0) is 11.5 Å². The first-order valence-corrected chi connectivity index (χ1v) is 9.17. The van der Waals surface area contributed by atoms with Gasteiger partial charge in [-0.25, -0.2) is 0 Å². The van der Waals surface area contributed by atoms with E-state index in [1.807, 2.05) is 30.3 Å². The van der Waals surface area contributed by atoms with Gasteiger partial charge < -0.3 is 0 Å². The molecule has 0 spiro atoms. The summed E-state index contributed by atoms with van der Waals surface area (Å²) in [4.78, 5) is 24.1. The molecule has 0 amide bonds. The first-order chi connectivity index (χ1) is 8.09. The Morgan fingerprint density at radius 3 is 2.00 bits per heavy atom. The monoisotopic (exact) mass is 246 g/mol. The van der Waals surface area contributed by atoms with E-state index in [2.05, 4.69) is 13.1 Å². The van der Waals surface area contributed by atoms with Crippen molar-refractivity contribution in [2.24, 2.45) is 0 Å². The molecule has 1 aliphatic rings. The van der Waals surface area contributed by atoms with Crippen LogP contribution < -0.4 is 0 Å². The Hall–Kier alpha value is -1.22. The molecule has 17 heavy (non-hydrogen) atoms. The molecular weight excluding hydrogens is 228 g/mol. The second-order valence-corrected chi connectivity index (χ2v) is 8.32. The highest BCUT2D eigenvalue weighted by Crippen LogP contribution is 2.35. The van der Waals surface area contributed by atoms with Crippen LogP contribution in [0.25, 0.3) is 0 Å². The number of benzene rings is 1. The molecule has 0 unspecified atom stereocenters. The van der Waals surface area contributed by atoms with Crippen molar-refractivity contribution < 1.29 is 9.59 Å². The summed E-state index contributed by atoms with van der Waals surface area (Å²) in [5.41, 5.74) is 0.896. The van der Waals surface area contributed by atoms with E-state index in [4.69, 9.17) is 0 Å². The molecule has 1 fully saturated rings. The number of carbonyl (C=O) groups excluding carboxylic acids is 2. The smallest absolute Gasteiger partial charge is 0.140 e. The summed E-state index contributed by atoms with van der Waals surface area (Å²) >= 11 is 0. The van der Waals surface area contributed by atoms with E-state index < -0.39 is 8.80 Å². The maximum absolute atomic E-state index is 12.0. The minimum Gasteiger partial charge on any atom is -0.299 e. The lowest BCUT2D eigenvalue weighted by Gasteiger charge is -2.28. The molecular formula is C14H18O2Si. The molecule has 3 heteroatoms. The number of hydrogen-bond acceptors (Lipinski definition) is 2. The molecule has 0 aliphatic heterocycles. The molecule has 1 aromatic rings. The second-order valence-electron chi connectivity index (χ2n) is 5.17. The molecule has 0 radical (unpaired) electrons. The Kier molecular flexibility index (Phi) is 3.57. The van der Waals surface area contributed by atoms with Crippen molar-refractivity contribution in [3.8, 4) is 0 Å². The van der Waals surface area contributed by atoms with Crippen molar-refractivity contribution >= 4 is 20.4 Å². The predicted molar refractivity (Wildman–Crippen MR) is 71.1 cm³/mol. The lowest BCUT2D eigenvalue weighted by Crippen LogP contribution is -2.35. The van der Waals surface area contributed by atoms with E-state index in [9.17, 15) is 9.59 Å². The first-order valence-electron chi connectivity index (χ1n) is 6.20. The van der Waals surface area contributed by atoms with Gasteiger partial charge in [0.2, 0.25) is 0 Å². The summed E-state index contributed by atoms with van der Waals surface area (Å²) in [6, 6.07) is 9.91. The van der Waals surface area contributed by atoms with Gasteiger partial charge >= 0.3 is 0 Å². The van der Waals surface area contributed by atoms with Gasteiger partial charge in [-0.1, -0.05) is 43.4 Å². The van der Waals surface area contributed by atoms with Crippen LogP contribution in [0.15, 0.2) is 30.3 Å². The highest BCUT2D eigenvalue weighted by molar-refractivity contribution is 6.67. The van der Waals surface area contributed by atoms with E-state index >= 15 is 0 Å². The maximum Gasteiger partial charge on any atom is 0.140 e. The molecule has 1 saturated carbocycles. The van der Waals surface area contributed by atoms with Crippen LogP contribution in [-0.2, 0) is 9.59 Å². The van der Waals surface area contributed by atoms with Gasteiger partial charge in [0.05, 0.1) is 14.3 Å². The zero-order valence-electron chi connectivity index (χ0n) is 10.3. The summed E-state index contributed by atoms with van der Waals surface area (Å²) in [5.74, 6) is 0.466. The Morgan fingerprint density at radius 1 is 1.00 bits per heavy atom. The van der Waals surface area contributed by atoms with Crippen LogP contribution in [0.2, 0.25) is 18.6 Å². The highest BCUT2D eigenvalue weighted by atomic mass is 28.3. The van der Waals surface area contributed by atoms with Gasteiger partial charge in [-0.2, -0.15) is 0 Å². The van der Waals surface area contributed by atoms with Crippen molar-refractivity contribution in [3.63, 3.8) is 0 Å². The molecule has 1 aliphatic carbocycles. The van der Waals surface area contributed by atoms with E-state index in [1.165, 1.54) is 0 Å². The van der Waals surface area contributed by atoms with Crippen LogP contribution in [-0.4, -0.2) is 20.4 Å². The number of Topliss-reactive ketones (excluding diaryl/α,β-unsaturated/α-hetero) is 2. The molecule has 0 heterocycles. The van der Waals surface area contributed by atoms with E-state index in [0.29, 0.717) is 12.8 Å². The topological polar surface area (TPSA) is 34.1 Å². The van der Waals surface area contributed by atoms with Crippen LogP contribution in [0, 0.1) is 0 Å². The lowest BCUT2D eigenvalue weighted by atomic mass is 9.82. The molecule has 0 N–H and O–H groups in total. The standard InChI is InChI=1S/C14H18O2Si/c1-17(2)14-12(15)8-11(9-13(14)16)10-6-4-3-5-7-10/h3-7,11,14,17H,8-9H2,1-2H3. The van der Waals surface area contributed by atoms with Crippen LogP contribution in [0.4, 0.5) is 0 Å². The zero-order chi connectivity index (χ0) is 12.4. The summed E-state index contributed by atoms with van der Waals surface area (Å²) in [5, 5.41) is 0. The Labute approximate surface area is 104 Å². The molecule has 0 bridgehead atoms. The molecule has 2 rings (SSSR count). The molecule has 0 aromatic heterocycles. The zero-order valence-corrected chi connectivity index (χ0v) is 11.5. The van der Waals surface area contributed by atoms with Crippen LogP contribution in [0.5, 0.6) is 0 Å². The number of carbonyl (C=O) groups is 2. The third kappa shape index (κ3) is 2.55. The quantitative estimate of drug-likeness (QED) is 0.593. The maximum atomic E-state index is 12.0. The largest absolute Gasteiger partial charge is 0.299 e. The fourth-order valence-electron chi connectivity index (χ4n) is 2.70. The van der Waals surface area contributed by atoms with Crippen molar-refractivity contribution in [3.05, 3.63) is 35.9 Å². The van der Waals surface area contributed by atoms with Gasteiger partial charge in [0.25, 0.3) is 0 Å². The predicted octanol–water partition coefficient (Wildman–Crippen LogP) is 2.56.